The minimum absolute atomic E-state index is 0.00188. The Morgan fingerprint density at radius 1 is 1.68 bits per heavy atom. The van der Waals surface area contributed by atoms with Crippen molar-refractivity contribution in [1.29, 1.82) is 0 Å². The molecule has 0 radical (unpaired) electrons. The highest BCUT2D eigenvalue weighted by Gasteiger charge is 2.10. The minimum atomic E-state index is -0.854. The Balaban J connectivity index is 3.03. The molecule has 0 aromatic heterocycles. The summed E-state index contributed by atoms with van der Waals surface area (Å²) in [5.74, 6) is 2.57. The highest BCUT2D eigenvalue weighted by molar-refractivity contribution is 5.85. The van der Waals surface area contributed by atoms with E-state index in [1.54, 1.807) is 0 Å². The molecule has 3 N–H and O–H groups in total. The van der Waals surface area contributed by atoms with Gasteiger partial charge >= 0.3 is 6.03 Å². The molecular weight excluding hydrogens is 252 g/mol. The Hall–Kier alpha value is -3.08. The van der Waals surface area contributed by atoms with Crippen molar-refractivity contribution in [3.8, 4) is 18.1 Å². The van der Waals surface area contributed by atoms with E-state index in [0.29, 0.717) is 11.3 Å². The van der Waals surface area contributed by atoms with Crippen molar-refractivity contribution in [2.45, 2.75) is 0 Å². The van der Waals surface area contributed by atoms with Gasteiger partial charge in [0.15, 0.2) is 0 Å². The first-order valence-electron chi connectivity index (χ1n) is 4.98. The Morgan fingerprint density at radius 3 is 3.00 bits per heavy atom. The molecule has 8 heteroatoms. The third kappa shape index (κ3) is 4.35. The van der Waals surface area contributed by atoms with Crippen LogP contribution in [0.3, 0.4) is 0 Å². The van der Waals surface area contributed by atoms with Crippen LogP contribution in [0.25, 0.3) is 0 Å². The van der Waals surface area contributed by atoms with E-state index >= 15 is 0 Å². The van der Waals surface area contributed by atoms with E-state index in [0.717, 1.165) is 0 Å². The average molecular weight is 262 g/mol. The molecule has 2 amide bonds. The van der Waals surface area contributed by atoms with Crippen LogP contribution < -0.4 is 15.9 Å². The number of ether oxygens (including phenoxy) is 1. The number of hydrogen-bond donors (Lipinski definition) is 2. The van der Waals surface area contributed by atoms with Crippen LogP contribution in [0.4, 0.5) is 10.5 Å². The fourth-order valence-electron chi connectivity index (χ4n) is 1.17. The molecule has 1 aromatic carbocycles. The van der Waals surface area contributed by atoms with Gasteiger partial charge in [0.1, 0.15) is 12.4 Å². The molecule has 0 atom stereocenters. The van der Waals surface area contributed by atoms with Gasteiger partial charge in [-0.25, -0.2) is 10.2 Å². The Bertz CT molecular complexity index is 562. The number of nitro benzene ring substituents is 1. The maximum absolute atomic E-state index is 10.7. The SMILES string of the molecule is C#CCOc1ccc([N+](=O)[O-])cc1/C=N\NC(N)=O. The van der Waals surface area contributed by atoms with Crippen LogP contribution in [0, 0.1) is 22.5 Å². The second-order valence-electron chi connectivity index (χ2n) is 3.21. The number of carbonyl (C=O) groups excluding carboxylic acids is 1. The number of carbonyl (C=O) groups is 1. The predicted molar refractivity (Wildman–Crippen MR) is 67.7 cm³/mol. The highest BCUT2D eigenvalue weighted by Crippen LogP contribution is 2.22. The molecule has 0 unspecified atom stereocenters. The van der Waals surface area contributed by atoms with Crippen LogP contribution >= 0.6 is 0 Å². The molecule has 0 spiro atoms. The molecule has 98 valence electrons. The molecule has 8 nitrogen and oxygen atoms in total. The first kappa shape index (κ1) is 14.0. The Morgan fingerprint density at radius 2 is 2.42 bits per heavy atom. The first-order chi connectivity index (χ1) is 9.04. The topological polar surface area (TPSA) is 120 Å². The summed E-state index contributed by atoms with van der Waals surface area (Å²) in [7, 11) is 0. The molecule has 0 fully saturated rings. The van der Waals surface area contributed by atoms with Gasteiger partial charge in [-0.1, -0.05) is 5.92 Å². The van der Waals surface area contributed by atoms with Crippen molar-refractivity contribution in [2.75, 3.05) is 6.61 Å². The summed E-state index contributed by atoms with van der Waals surface area (Å²) < 4.78 is 5.18. The number of hydrazone groups is 1. The van der Waals surface area contributed by atoms with Crippen LogP contribution in [0.5, 0.6) is 5.75 Å². The van der Waals surface area contributed by atoms with E-state index in [1.807, 2.05) is 5.43 Å². The maximum Gasteiger partial charge on any atom is 0.332 e. The van der Waals surface area contributed by atoms with E-state index in [4.69, 9.17) is 16.9 Å². The van der Waals surface area contributed by atoms with Crippen LogP contribution in [-0.4, -0.2) is 23.8 Å². The van der Waals surface area contributed by atoms with E-state index in [1.165, 1.54) is 24.4 Å². The summed E-state index contributed by atoms with van der Waals surface area (Å²) >= 11 is 0. The second kappa shape index (κ2) is 6.61. The number of nitrogens with one attached hydrogen (secondary N) is 1. The number of amides is 2. The molecule has 19 heavy (non-hydrogen) atoms. The zero-order valence-electron chi connectivity index (χ0n) is 9.70. The Kier molecular flexibility index (Phi) is 4.86. The fourth-order valence-corrected chi connectivity index (χ4v) is 1.17. The number of benzene rings is 1. The summed E-state index contributed by atoms with van der Waals surface area (Å²) in [4.78, 5) is 20.5. The molecule has 0 bridgehead atoms. The summed E-state index contributed by atoms with van der Waals surface area (Å²) in [6, 6.07) is 3.04. The molecule has 0 aliphatic carbocycles. The summed E-state index contributed by atoms with van der Waals surface area (Å²) in [5.41, 5.74) is 6.94. The summed E-state index contributed by atoms with van der Waals surface area (Å²) in [6.45, 7) is 0.00188. The average Bonchev–Trinajstić information content (AvgIpc) is 2.36. The quantitative estimate of drug-likeness (QED) is 0.349. The van der Waals surface area contributed by atoms with Crippen molar-refractivity contribution in [2.24, 2.45) is 10.8 Å². The zero-order chi connectivity index (χ0) is 14.3. The zero-order valence-corrected chi connectivity index (χ0v) is 9.70. The molecule has 1 aromatic rings. The van der Waals surface area contributed by atoms with Gasteiger partial charge in [-0.05, 0) is 6.07 Å². The third-order valence-corrected chi connectivity index (χ3v) is 1.89. The first-order valence-corrected chi connectivity index (χ1v) is 4.98. The summed E-state index contributed by atoms with van der Waals surface area (Å²) in [5, 5.41) is 14.2. The second-order valence-corrected chi connectivity index (χ2v) is 3.21. The van der Waals surface area contributed by atoms with Crippen LogP contribution in [0.1, 0.15) is 5.56 Å². The lowest BCUT2D eigenvalue weighted by atomic mass is 10.2. The van der Waals surface area contributed by atoms with E-state index in [-0.39, 0.29) is 12.3 Å². The van der Waals surface area contributed by atoms with Crippen LogP contribution in [0.15, 0.2) is 23.3 Å². The van der Waals surface area contributed by atoms with Crippen molar-refractivity contribution in [1.82, 2.24) is 5.43 Å². The van der Waals surface area contributed by atoms with Crippen molar-refractivity contribution in [3.63, 3.8) is 0 Å². The minimum Gasteiger partial charge on any atom is -0.480 e. The van der Waals surface area contributed by atoms with Crippen LogP contribution in [-0.2, 0) is 0 Å². The number of non-ortho nitro benzene ring substituents is 1. The van der Waals surface area contributed by atoms with Gasteiger partial charge in [-0.2, -0.15) is 5.10 Å². The lowest BCUT2D eigenvalue weighted by molar-refractivity contribution is -0.384. The van der Waals surface area contributed by atoms with Crippen molar-refractivity contribution < 1.29 is 14.5 Å². The van der Waals surface area contributed by atoms with Gasteiger partial charge in [0.25, 0.3) is 5.69 Å². The number of primary amides is 1. The lowest BCUT2D eigenvalue weighted by Crippen LogP contribution is -2.24. The number of nitrogens with zero attached hydrogens (tertiary/aromatic N) is 2. The fraction of sp³-hybridized carbons (Fsp3) is 0.0909. The number of terminal acetylenes is 1. The standard InChI is InChI=1S/C11H10N4O4/c1-2-5-19-10-4-3-9(15(17)18)6-8(10)7-13-14-11(12)16/h1,3-4,6-7H,5H2,(H3,12,14,16)/b13-7-. The monoisotopic (exact) mass is 262 g/mol. The number of nitrogens with two attached hydrogens (primary N) is 1. The summed E-state index contributed by atoms with van der Waals surface area (Å²) in [6.07, 6.45) is 6.22. The maximum atomic E-state index is 10.7. The van der Waals surface area contributed by atoms with Crippen molar-refractivity contribution >= 4 is 17.9 Å². The van der Waals surface area contributed by atoms with Gasteiger partial charge in [-0.3, -0.25) is 10.1 Å². The molecule has 0 saturated heterocycles. The molecular formula is C11H10N4O4. The Labute approximate surface area is 108 Å². The van der Waals surface area contributed by atoms with Gasteiger partial charge in [-0.15, -0.1) is 6.42 Å². The molecule has 0 aliphatic rings. The molecule has 1 rings (SSSR count). The van der Waals surface area contributed by atoms with E-state index < -0.39 is 11.0 Å². The normalized spacial score (nSPS) is 9.84. The highest BCUT2D eigenvalue weighted by atomic mass is 16.6. The molecule has 0 aliphatic heterocycles. The van der Waals surface area contributed by atoms with Gasteiger partial charge in [0, 0.05) is 17.7 Å². The number of nitro groups is 1. The number of hydrogen-bond acceptors (Lipinski definition) is 5. The number of urea groups is 1. The van der Waals surface area contributed by atoms with Crippen molar-refractivity contribution in [3.05, 3.63) is 33.9 Å². The largest absolute Gasteiger partial charge is 0.480 e. The molecule has 0 saturated carbocycles. The van der Waals surface area contributed by atoms with Gasteiger partial charge < -0.3 is 10.5 Å². The molecule has 0 heterocycles. The third-order valence-electron chi connectivity index (χ3n) is 1.89. The van der Waals surface area contributed by atoms with Crippen LogP contribution in [0.2, 0.25) is 0 Å². The smallest absolute Gasteiger partial charge is 0.332 e. The number of rotatable bonds is 5. The van der Waals surface area contributed by atoms with Gasteiger partial charge in [0.05, 0.1) is 11.1 Å². The van der Waals surface area contributed by atoms with E-state index in [9.17, 15) is 14.9 Å². The lowest BCUT2D eigenvalue weighted by Gasteiger charge is -2.05. The van der Waals surface area contributed by atoms with Gasteiger partial charge in [0.2, 0.25) is 0 Å². The van der Waals surface area contributed by atoms with E-state index in [2.05, 4.69) is 11.0 Å². The predicted octanol–water partition coefficient (Wildman–Crippen LogP) is 0.609.